The fourth-order valence-corrected chi connectivity index (χ4v) is 3.23. The van der Waals surface area contributed by atoms with Gasteiger partial charge in [0.1, 0.15) is 12.4 Å². The molecule has 0 saturated heterocycles. The molecule has 0 fully saturated rings. The van der Waals surface area contributed by atoms with Crippen molar-refractivity contribution in [3.05, 3.63) is 15.8 Å². The van der Waals surface area contributed by atoms with E-state index >= 15 is 0 Å². The number of hydrogen-bond donors (Lipinski definition) is 2. The lowest BCUT2D eigenvalue weighted by Gasteiger charge is -2.06. The van der Waals surface area contributed by atoms with Gasteiger partial charge in [-0.1, -0.05) is 0 Å². The summed E-state index contributed by atoms with van der Waals surface area (Å²) in [5.74, 6) is -2.27. The second-order valence-electron chi connectivity index (χ2n) is 4.07. The van der Waals surface area contributed by atoms with Crippen LogP contribution in [0.5, 0.6) is 5.75 Å². The molecular weight excluding hydrogens is 306 g/mol. The first-order valence-corrected chi connectivity index (χ1v) is 8.30. The van der Waals surface area contributed by atoms with Crippen LogP contribution in [0.4, 0.5) is 0 Å². The predicted molar refractivity (Wildman–Crippen MR) is 74.0 cm³/mol. The second-order valence-corrected chi connectivity index (χ2v) is 7.63. The number of carboxylic acid groups (broad SMARTS) is 1. The normalized spacial score (nSPS) is 11.2. The van der Waals surface area contributed by atoms with Gasteiger partial charge in [0.25, 0.3) is 0 Å². The molecule has 112 valence electrons. The van der Waals surface area contributed by atoms with Gasteiger partial charge in [-0.3, -0.25) is 4.79 Å². The molecule has 1 amide bonds. The predicted octanol–water partition coefficient (Wildman–Crippen LogP) is 0.424. The maximum atomic E-state index is 11.5. The second kappa shape index (κ2) is 6.71. The van der Waals surface area contributed by atoms with Crippen molar-refractivity contribution in [1.82, 2.24) is 0 Å². The number of nitrogens with two attached hydrogens (primary N) is 1. The lowest BCUT2D eigenvalue weighted by Crippen LogP contribution is -2.21. The minimum absolute atomic E-state index is 0.0389. The highest BCUT2D eigenvalue weighted by molar-refractivity contribution is 7.91. The van der Waals surface area contributed by atoms with Crippen LogP contribution in [0.3, 0.4) is 0 Å². The first-order valence-electron chi connectivity index (χ1n) is 5.66. The Bertz CT molecular complexity index is 604. The maximum Gasteiger partial charge on any atom is 0.349 e. The minimum atomic E-state index is -3.44. The molecule has 0 aromatic carbocycles. The molecule has 0 unspecified atom stereocenters. The molecule has 0 spiro atoms. The highest BCUT2D eigenvalue weighted by atomic mass is 32.2. The molecule has 1 heterocycles. The number of amides is 1. The maximum absolute atomic E-state index is 11.5. The van der Waals surface area contributed by atoms with Crippen LogP contribution in [-0.2, 0) is 14.6 Å². The molecule has 0 bridgehead atoms. The van der Waals surface area contributed by atoms with Gasteiger partial charge in [-0.25, -0.2) is 13.2 Å². The van der Waals surface area contributed by atoms with Crippen molar-refractivity contribution in [2.24, 2.45) is 5.73 Å². The van der Waals surface area contributed by atoms with Crippen LogP contribution in [0.1, 0.15) is 21.0 Å². The Balaban J connectivity index is 2.56. The summed E-state index contributed by atoms with van der Waals surface area (Å²) in [6, 6.07) is 1.55. The quantitative estimate of drug-likeness (QED) is 0.715. The summed E-state index contributed by atoms with van der Waals surface area (Å²) in [7, 11) is -3.44. The van der Waals surface area contributed by atoms with E-state index in [-0.39, 0.29) is 35.2 Å². The van der Waals surface area contributed by atoms with E-state index < -0.39 is 21.7 Å². The molecule has 20 heavy (non-hydrogen) atoms. The van der Waals surface area contributed by atoms with Gasteiger partial charge in [-0.05, 0) is 13.0 Å². The number of carbonyl (C=O) groups is 2. The van der Waals surface area contributed by atoms with E-state index in [4.69, 9.17) is 15.6 Å². The van der Waals surface area contributed by atoms with Gasteiger partial charge < -0.3 is 15.6 Å². The highest BCUT2D eigenvalue weighted by Crippen LogP contribution is 2.28. The van der Waals surface area contributed by atoms with Crippen molar-refractivity contribution in [3.8, 4) is 5.75 Å². The van der Waals surface area contributed by atoms with Gasteiger partial charge in [0.15, 0.2) is 14.7 Å². The Kier molecular flexibility index (Phi) is 5.52. The van der Waals surface area contributed by atoms with Crippen molar-refractivity contribution >= 4 is 33.1 Å². The lowest BCUT2D eigenvalue weighted by atomic mass is 10.4. The molecule has 0 aliphatic carbocycles. The van der Waals surface area contributed by atoms with Gasteiger partial charge in [0, 0.05) is 11.3 Å². The van der Waals surface area contributed by atoms with Gasteiger partial charge in [0.05, 0.1) is 11.5 Å². The van der Waals surface area contributed by atoms with E-state index in [0.717, 1.165) is 16.2 Å². The first-order chi connectivity index (χ1) is 9.21. The zero-order valence-electron chi connectivity index (χ0n) is 10.8. The van der Waals surface area contributed by atoms with Crippen LogP contribution in [-0.4, -0.2) is 43.5 Å². The van der Waals surface area contributed by atoms with Gasteiger partial charge in [0.2, 0.25) is 5.91 Å². The number of aryl methyl sites for hydroxylation is 1. The molecule has 1 aromatic heterocycles. The van der Waals surface area contributed by atoms with Crippen LogP contribution in [0.25, 0.3) is 0 Å². The number of carbonyl (C=O) groups excluding carboxylic acids is 1. The van der Waals surface area contributed by atoms with Crippen molar-refractivity contribution < 1.29 is 27.9 Å². The van der Waals surface area contributed by atoms with E-state index in [2.05, 4.69) is 0 Å². The van der Waals surface area contributed by atoms with Gasteiger partial charge >= 0.3 is 5.97 Å². The molecule has 0 atom stereocenters. The Morgan fingerprint density at radius 3 is 2.60 bits per heavy atom. The van der Waals surface area contributed by atoms with Crippen LogP contribution >= 0.6 is 11.3 Å². The fraction of sp³-hybridized carbons (Fsp3) is 0.455. The van der Waals surface area contributed by atoms with E-state index in [1.807, 2.05) is 0 Å². The summed E-state index contributed by atoms with van der Waals surface area (Å²) < 4.78 is 28.3. The Morgan fingerprint density at radius 2 is 2.05 bits per heavy atom. The average Bonchev–Trinajstić information content (AvgIpc) is 2.68. The molecule has 3 N–H and O–H groups in total. The number of carboxylic acids is 1. The molecule has 7 nitrogen and oxygen atoms in total. The van der Waals surface area contributed by atoms with Crippen molar-refractivity contribution in [2.45, 2.75) is 13.3 Å². The van der Waals surface area contributed by atoms with Gasteiger partial charge in [-0.2, -0.15) is 0 Å². The van der Waals surface area contributed by atoms with Gasteiger partial charge in [-0.15, -0.1) is 11.3 Å². The van der Waals surface area contributed by atoms with Crippen LogP contribution < -0.4 is 10.5 Å². The van der Waals surface area contributed by atoms with E-state index in [1.54, 1.807) is 13.0 Å². The largest absolute Gasteiger partial charge is 0.491 e. The Hall–Kier alpha value is -1.61. The number of hydrogen-bond acceptors (Lipinski definition) is 6. The summed E-state index contributed by atoms with van der Waals surface area (Å²) in [5.41, 5.74) is 4.88. The number of sulfone groups is 1. The zero-order valence-corrected chi connectivity index (χ0v) is 12.4. The molecule has 0 aliphatic heterocycles. The third-order valence-corrected chi connectivity index (χ3v) is 4.96. The van der Waals surface area contributed by atoms with Crippen molar-refractivity contribution in [2.75, 3.05) is 18.1 Å². The summed E-state index contributed by atoms with van der Waals surface area (Å²) in [6.45, 7) is 1.56. The fourth-order valence-electron chi connectivity index (χ4n) is 1.38. The monoisotopic (exact) mass is 321 g/mol. The van der Waals surface area contributed by atoms with E-state index in [9.17, 15) is 18.0 Å². The lowest BCUT2D eigenvalue weighted by molar-refractivity contribution is -0.117. The SMILES string of the molecule is Cc1cc(OCCS(=O)(=O)CCC(N)=O)c(C(=O)O)s1. The number of rotatable bonds is 8. The first kappa shape index (κ1) is 16.4. The van der Waals surface area contributed by atoms with Crippen molar-refractivity contribution in [3.63, 3.8) is 0 Å². The number of thiophene rings is 1. The molecular formula is C11H15NO6S2. The Labute approximate surface area is 120 Å². The topological polar surface area (TPSA) is 124 Å². The zero-order chi connectivity index (χ0) is 15.3. The third-order valence-electron chi connectivity index (χ3n) is 2.33. The third kappa shape index (κ3) is 5.17. The number of aromatic carboxylic acids is 1. The molecule has 9 heteroatoms. The average molecular weight is 321 g/mol. The molecule has 0 radical (unpaired) electrons. The summed E-state index contributed by atoms with van der Waals surface area (Å²) in [5, 5.41) is 8.94. The van der Waals surface area contributed by atoms with E-state index in [0.29, 0.717) is 0 Å². The summed E-state index contributed by atoms with van der Waals surface area (Å²) in [6.07, 6.45) is -0.236. The summed E-state index contributed by atoms with van der Waals surface area (Å²) in [4.78, 5) is 22.3. The number of primary amides is 1. The number of ether oxygens (including phenoxy) is 1. The Morgan fingerprint density at radius 1 is 1.40 bits per heavy atom. The highest BCUT2D eigenvalue weighted by Gasteiger charge is 2.17. The van der Waals surface area contributed by atoms with Crippen LogP contribution in [0, 0.1) is 6.92 Å². The molecule has 0 saturated carbocycles. The molecule has 1 rings (SSSR count). The molecule has 0 aliphatic rings. The smallest absolute Gasteiger partial charge is 0.349 e. The minimum Gasteiger partial charge on any atom is -0.491 e. The standard InChI is InChI=1S/C11H15NO6S2/c1-7-6-8(10(19-7)11(14)15)18-3-5-20(16,17)4-2-9(12)13/h6H,2-5H2,1H3,(H2,12,13)(H,14,15). The van der Waals surface area contributed by atoms with E-state index in [1.165, 1.54) is 0 Å². The van der Waals surface area contributed by atoms with Crippen LogP contribution in [0.15, 0.2) is 6.07 Å². The molecule has 1 aromatic rings. The summed E-state index contributed by atoms with van der Waals surface area (Å²) >= 11 is 1.06. The van der Waals surface area contributed by atoms with Crippen LogP contribution in [0.2, 0.25) is 0 Å². The van der Waals surface area contributed by atoms with Crippen molar-refractivity contribution in [1.29, 1.82) is 0 Å².